The fraction of sp³-hybridized carbons (Fsp3) is 0.310. The Balaban J connectivity index is 1.54. The van der Waals surface area contributed by atoms with Crippen LogP contribution in [0.4, 0.5) is 11.4 Å². The van der Waals surface area contributed by atoms with Gasteiger partial charge in [-0.05, 0) is 64.7 Å². The van der Waals surface area contributed by atoms with Gasteiger partial charge in [-0.3, -0.25) is 14.8 Å². The predicted molar refractivity (Wildman–Crippen MR) is 152 cm³/mol. The summed E-state index contributed by atoms with van der Waals surface area (Å²) in [5, 5.41) is 21.0. The number of hydrogen-bond donors (Lipinski definition) is 1. The quantitative estimate of drug-likeness (QED) is 0.349. The lowest BCUT2D eigenvalue weighted by molar-refractivity contribution is 0.102. The molecule has 0 atom stereocenters. The van der Waals surface area contributed by atoms with Crippen molar-refractivity contribution < 1.29 is 4.79 Å². The van der Waals surface area contributed by atoms with Gasteiger partial charge in [0.25, 0.3) is 5.91 Å². The van der Waals surface area contributed by atoms with Gasteiger partial charge in [0.15, 0.2) is 0 Å². The fourth-order valence-electron chi connectivity index (χ4n) is 3.91. The van der Waals surface area contributed by atoms with Crippen LogP contribution in [-0.2, 0) is 5.41 Å². The molecule has 0 radical (unpaired) electrons. The zero-order valence-electron chi connectivity index (χ0n) is 23.2. The largest absolute Gasteiger partial charge is 0.372 e. The highest BCUT2D eigenvalue weighted by atomic mass is 16.1. The molecule has 10 nitrogen and oxygen atoms in total. The zero-order valence-corrected chi connectivity index (χ0v) is 23.2. The van der Waals surface area contributed by atoms with Crippen molar-refractivity contribution >= 4 is 17.3 Å². The standard InChI is InChI=1S/C29H33N9O/c1-20-27(14-24(16-32-20)33-28(39)21-8-7-9-23(12-21)29(2,3)19-30)38-18-26(34-35-38)22-13-25(17-31-15-22)37(6)11-10-36(4)5/h7-9,12-18H,10-11H2,1-6H3,(H,33,39). The van der Waals surface area contributed by atoms with Crippen LogP contribution in [0.15, 0.2) is 61.2 Å². The predicted octanol–water partition coefficient (Wildman–Crippen LogP) is 4.08. The topological polar surface area (TPSA) is 116 Å². The van der Waals surface area contributed by atoms with Crippen molar-refractivity contribution in [3.8, 4) is 23.0 Å². The number of carbonyl (C=O) groups excluding carboxylic acids is 1. The number of aryl methyl sites for hydroxylation is 1. The number of nitrogens with zero attached hydrogens (tertiary/aromatic N) is 8. The average Bonchev–Trinajstić information content (AvgIpc) is 3.43. The minimum atomic E-state index is -0.698. The zero-order chi connectivity index (χ0) is 28.2. The maximum absolute atomic E-state index is 13.0. The third-order valence-corrected chi connectivity index (χ3v) is 6.53. The van der Waals surface area contributed by atoms with Crippen LogP contribution in [0.25, 0.3) is 16.9 Å². The van der Waals surface area contributed by atoms with E-state index in [0.717, 1.165) is 35.6 Å². The Morgan fingerprint density at radius 1 is 1.10 bits per heavy atom. The van der Waals surface area contributed by atoms with E-state index in [1.807, 2.05) is 72.5 Å². The van der Waals surface area contributed by atoms with Crippen LogP contribution in [-0.4, -0.2) is 70.0 Å². The summed E-state index contributed by atoms with van der Waals surface area (Å²) >= 11 is 0. The number of benzene rings is 1. The first-order chi connectivity index (χ1) is 18.6. The molecule has 1 amide bonds. The lowest BCUT2D eigenvalue weighted by atomic mass is 9.85. The number of amides is 1. The van der Waals surface area contributed by atoms with Gasteiger partial charge in [0.1, 0.15) is 5.69 Å². The third kappa shape index (κ3) is 6.45. The van der Waals surface area contributed by atoms with Gasteiger partial charge in [-0.2, -0.15) is 5.26 Å². The number of aromatic nitrogens is 5. The van der Waals surface area contributed by atoms with Crippen LogP contribution in [0.3, 0.4) is 0 Å². The van der Waals surface area contributed by atoms with Crippen LogP contribution in [0.5, 0.6) is 0 Å². The minimum Gasteiger partial charge on any atom is -0.372 e. The molecule has 3 aromatic heterocycles. The normalized spacial score (nSPS) is 11.3. The van der Waals surface area contributed by atoms with Crippen molar-refractivity contribution in [3.63, 3.8) is 0 Å². The van der Waals surface area contributed by atoms with Crippen LogP contribution >= 0.6 is 0 Å². The fourth-order valence-corrected chi connectivity index (χ4v) is 3.91. The van der Waals surface area contributed by atoms with Crippen LogP contribution in [0, 0.1) is 18.3 Å². The Labute approximate surface area is 228 Å². The second kappa shape index (κ2) is 11.4. The maximum atomic E-state index is 13.0. The summed E-state index contributed by atoms with van der Waals surface area (Å²) in [6, 6.07) is 13.2. The number of pyridine rings is 2. The van der Waals surface area contributed by atoms with Crippen molar-refractivity contribution in [1.82, 2.24) is 29.9 Å². The second-order valence-electron chi connectivity index (χ2n) is 10.3. The first-order valence-electron chi connectivity index (χ1n) is 12.6. The summed E-state index contributed by atoms with van der Waals surface area (Å²) < 4.78 is 1.64. The highest BCUT2D eigenvalue weighted by molar-refractivity contribution is 6.04. The molecule has 0 bridgehead atoms. The van der Waals surface area contributed by atoms with E-state index in [-0.39, 0.29) is 5.91 Å². The van der Waals surface area contributed by atoms with E-state index in [1.54, 1.807) is 35.3 Å². The molecule has 0 unspecified atom stereocenters. The first kappa shape index (κ1) is 27.4. The van der Waals surface area contributed by atoms with Crippen molar-refractivity contribution in [2.24, 2.45) is 0 Å². The molecule has 0 fully saturated rings. The Morgan fingerprint density at radius 2 is 1.90 bits per heavy atom. The van der Waals surface area contributed by atoms with Gasteiger partial charge in [0.05, 0.1) is 52.8 Å². The third-order valence-electron chi connectivity index (χ3n) is 6.53. The maximum Gasteiger partial charge on any atom is 0.255 e. The van der Waals surface area contributed by atoms with Gasteiger partial charge in [0.2, 0.25) is 0 Å². The lowest BCUT2D eigenvalue weighted by Crippen LogP contribution is -2.28. The molecule has 0 saturated heterocycles. The monoisotopic (exact) mass is 523 g/mol. The summed E-state index contributed by atoms with van der Waals surface area (Å²) in [7, 11) is 6.14. The molecule has 1 aromatic carbocycles. The van der Waals surface area contributed by atoms with Crippen molar-refractivity contribution in [1.29, 1.82) is 5.26 Å². The molecular formula is C29H33N9O. The van der Waals surface area contributed by atoms with Gasteiger partial charge in [-0.25, -0.2) is 4.68 Å². The molecule has 3 heterocycles. The number of nitriles is 1. The molecule has 200 valence electrons. The molecule has 10 heteroatoms. The highest BCUT2D eigenvalue weighted by Crippen LogP contribution is 2.25. The van der Waals surface area contributed by atoms with Crippen molar-refractivity contribution in [2.75, 3.05) is 44.4 Å². The molecule has 0 saturated carbocycles. The van der Waals surface area contributed by atoms with E-state index >= 15 is 0 Å². The number of hydrogen-bond acceptors (Lipinski definition) is 8. The second-order valence-corrected chi connectivity index (χ2v) is 10.3. The molecule has 39 heavy (non-hydrogen) atoms. The molecule has 0 aliphatic rings. The number of likely N-dealkylation sites (N-methyl/N-ethyl adjacent to an activating group) is 2. The minimum absolute atomic E-state index is 0.289. The van der Waals surface area contributed by atoms with Gasteiger partial charge in [-0.15, -0.1) is 5.10 Å². The summed E-state index contributed by atoms with van der Waals surface area (Å²) in [5.74, 6) is -0.289. The molecule has 0 aliphatic heterocycles. The van der Waals surface area contributed by atoms with Crippen molar-refractivity contribution in [2.45, 2.75) is 26.2 Å². The van der Waals surface area contributed by atoms with Gasteiger partial charge in [0, 0.05) is 37.5 Å². The summed E-state index contributed by atoms with van der Waals surface area (Å²) in [4.78, 5) is 26.2. The molecular weight excluding hydrogens is 490 g/mol. The van der Waals surface area contributed by atoms with E-state index < -0.39 is 5.41 Å². The Bertz CT molecular complexity index is 1520. The Kier molecular flexibility index (Phi) is 8.02. The average molecular weight is 524 g/mol. The smallest absolute Gasteiger partial charge is 0.255 e. The van der Waals surface area contributed by atoms with Gasteiger partial charge < -0.3 is 15.1 Å². The number of nitrogens with one attached hydrogen (secondary N) is 1. The number of anilines is 2. The highest BCUT2D eigenvalue weighted by Gasteiger charge is 2.21. The summed E-state index contributed by atoms with van der Waals surface area (Å²) in [5.41, 5.74) is 5.01. The van der Waals surface area contributed by atoms with E-state index in [1.165, 1.54) is 0 Å². The SMILES string of the molecule is Cc1ncc(NC(=O)c2cccc(C(C)(C)C#N)c2)cc1-n1cc(-c2cncc(N(C)CCN(C)C)c2)nn1. The van der Waals surface area contributed by atoms with E-state index in [2.05, 4.69) is 41.5 Å². The molecule has 4 rings (SSSR count). The molecule has 4 aromatic rings. The van der Waals surface area contributed by atoms with E-state index in [0.29, 0.717) is 22.6 Å². The molecule has 0 spiro atoms. The number of rotatable bonds is 9. The summed E-state index contributed by atoms with van der Waals surface area (Å²) in [6.45, 7) is 7.32. The molecule has 0 aliphatic carbocycles. The van der Waals surface area contributed by atoms with Crippen LogP contribution in [0.2, 0.25) is 0 Å². The Morgan fingerprint density at radius 3 is 2.64 bits per heavy atom. The summed E-state index contributed by atoms with van der Waals surface area (Å²) in [6.07, 6.45) is 7.03. The lowest BCUT2D eigenvalue weighted by Gasteiger charge is -2.21. The van der Waals surface area contributed by atoms with E-state index in [9.17, 15) is 10.1 Å². The van der Waals surface area contributed by atoms with Gasteiger partial charge >= 0.3 is 0 Å². The molecule has 1 N–H and O–H groups in total. The van der Waals surface area contributed by atoms with Crippen LogP contribution in [0.1, 0.15) is 35.5 Å². The first-order valence-corrected chi connectivity index (χ1v) is 12.6. The van der Waals surface area contributed by atoms with Gasteiger partial charge in [-0.1, -0.05) is 17.3 Å². The Hall–Kier alpha value is -4.62. The van der Waals surface area contributed by atoms with Crippen molar-refractivity contribution in [3.05, 3.63) is 78.0 Å². The van der Waals surface area contributed by atoms with E-state index in [4.69, 9.17) is 0 Å². The van der Waals surface area contributed by atoms with Crippen LogP contribution < -0.4 is 10.2 Å². The number of carbonyl (C=O) groups is 1.